The van der Waals surface area contributed by atoms with E-state index in [1.54, 1.807) is 0 Å². The Kier molecular flexibility index (Phi) is 7.73. The lowest BCUT2D eigenvalue weighted by molar-refractivity contribution is 0.243. The topological polar surface area (TPSA) is 27.0 Å². The molecule has 2 heteroatoms. The molecule has 0 saturated carbocycles. The SMILES string of the molecule is CCCCCCN(CC#N)C(C)C. The van der Waals surface area contributed by atoms with Crippen molar-refractivity contribution < 1.29 is 0 Å². The van der Waals surface area contributed by atoms with Gasteiger partial charge in [-0.2, -0.15) is 5.26 Å². The summed E-state index contributed by atoms with van der Waals surface area (Å²) in [5.41, 5.74) is 0. The van der Waals surface area contributed by atoms with E-state index in [-0.39, 0.29) is 0 Å². The summed E-state index contributed by atoms with van der Waals surface area (Å²) in [5.74, 6) is 0. The molecule has 13 heavy (non-hydrogen) atoms. The van der Waals surface area contributed by atoms with Crippen LogP contribution in [0.1, 0.15) is 46.5 Å². The molecular weight excluding hydrogens is 160 g/mol. The number of hydrogen-bond donors (Lipinski definition) is 0. The molecular formula is C11H22N2. The molecule has 0 rings (SSSR count). The summed E-state index contributed by atoms with van der Waals surface area (Å²) < 4.78 is 0. The fourth-order valence-electron chi connectivity index (χ4n) is 1.35. The largest absolute Gasteiger partial charge is 0.288 e. The number of unbranched alkanes of at least 4 members (excludes halogenated alkanes) is 3. The van der Waals surface area contributed by atoms with Gasteiger partial charge in [0.05, 0.1) is 12.6 Å². The van der Waals surface area contributed by atoms with E-state index in [0.29, 0.717) is 12.6 Å². The normalized spacial score (nSPS) is 10.8. The fourth-order valence-corrected chi connectivity index (χ4v) is 1.35. The van der Waals surface area contributed by atoms with Crippen molar-refractivity contribution in [1.29, 1.82) is 5.26 Å². The first kappa shape index (κ1) is 12.4. The van der Waals surface area contributed by atoms with Gasteiger partial charge in [-0.15, -0.1) is 0 Å². The molecule has 0 saturated heterocycles. The van der Waals surface area contributed by atoms with Crippen LogP contribution in [0.25, 0.3) is 0 Å². The van der Waals surface area contributed by atoms with E-state index in [0.717, 1.165) is 6.54 Å². The van der Waals surface area contributed by atoms with Gasteiger partial charge in [0.1, 0.15) is 0 Å². The maximum atomic E-state index is 8.60. The van der Waals surface area contributed by atoms with Crippen LogP contribution >= 0.6 is 0 Å². The van der Waals surface area contributed by atoms with E-state index in [1.165, 1.54) is 25.7 Å². The third-order valence-electron chi connectivity index (χ3n) is 2.30. The van der Waals surface area contributed by atoms with Gasteiger partial charge in [0.2, 0.25) is 0 Å². The van der Waals surface area contributed by atoms with Crippen LogP contribution in [0.4, 0.5) is 0 Å². The second kappa shape index (κ2) is 8.07. The Morgan fingerprint density at radius 1 is 1.23 bits per heavy atom. The third-order valence-corrected chi connectivity index (χ3v) is 2.30. The van der Waals surface area contributed by atoms with Gasteiger partial charge < -0.3 is 0 Å². The highest BCUT2D eigenvalue weighted by molar-refractivity contribution is 4.78. The zero-order valence-corrected chi connectivity index (χ0v) is 9.21. The smallest absolute Gasteiger partial charge is 0.0868 e. The van der Waals surface area contributed by atoms with Crippen LogP contribution in [0.3, 0.4) is 0 Å². The number of rotatable bonds is 7. The molecule has 0 bridgehead atoms. The molecule has 0 aromatic heterocycles. The lowest BCUT2D eigenvalue weighted by atomic mass is 10.2. The van der Waals surface area contributed by atoms with E-state index < -0.39 is 0 Å². The Bertz CT molecular complexity index is 147. The predicted octanol–water partition coefficient (Wildman–Crippen LogP) is 2.80. The van der Waals surface area contributed by atoms with Gasteiger partial charge in [0.15, 0.2) is 0 Å². The number of nitriles is 1. The Labute approximate surface area is 82.5 Å². The minimum absolute atomic E-state index is 0.501. The number of hydrogen-bond acceptors (Lipinski definition) is 2. The quantitative estimate of drug-likeness (QED) is 0.447. The molecule has 0 aromatic rings. The van der Waals surface area contributed by atoms with E-state index in [1.807, 2.05) is 0 Å². The molecule has 0 heterocycles. The van der Waals surface area contributed by atoms with Crippen LogP contribution in [0.15, 0.2) is 0 Å². The summed E-state index contributed by atoms with van der Waals surface area (Å²) in [6, 6.07) is 2.72. The zero-order chi connectivity index (χ0) is 10.1. The molecule has 0 fully saturated rings. The molecule has 0 N–H and O–H groups in total. The van der Waals surface area contributed by atoms with Crippen LogP contribution in [-0.4, -0.2) is 24.0 Å². The average molecular weight is 182 g/mol. The van der Waals surface area contributed by atoms with Crippen molar-refractivity contribution in [2.45, 2.75) is 52.5 Å². The van der Waals surface area contributed by atoms with Gasteiger partial charge in [-0.25, -0.2) is 0 Å². The molecule has 0 amide bonds. The fraction of sp³-hybridized carbons (Fsp3) is 0.909. The summed E-state index contributed by atoms with van der Waals surface area (Å²) in [5, 5.41) is 8.60. The Balaban J connectivity index is 3.52. The summed E-state index contributed by atoms with van der Waals surface area (Å²) in [7, 11) is 0. The average Bonchev–Trinajstić information content (AvgIpc) is 2.10. The van der Waals surface area contributed by atoms with Crippen molar-refractivity contribution in [2.24, 2.45) is 0 Å². The molecule has 76 valence electrons. The molecule has 0 radical (unpaired) electrons. The highest BCUT2D eigenvalue weighted by Gasteiger charge is 2.07. The highest BCUT2D eigenvalue weighted by Crippen LogP contribution is 2.04. The van der Waals surface area contributed by atoms with Crippen LogP contribution in [0, 0.1) is 11.3 Å². The molecule has 0 aromatic carbocycles. The first-order valence-electron chi connectivity index (χ1n) is 5.33. The van der Waals surface area contributed by atoms with Crippen LogP contribution in [0.5, 0.6) is 0 Å². The van der Waals surface area contributed by atoms with Crippen LogP contribution < -0.4 is 0 Å². The monoisotopic (exact) mass is 182 g/mol. The van der Waals surface area contributed by atoms with E-state index in [2.05, 4.69) is 31.7 Å². The minimum Gasteiger partial charge on any atom is -0.288 e. The summed E-state index contributed by atoms with van der Waals surface area (Å²) >= 11 is 0. The van der Waals surface area contributed by atoms with E-state index >= 15 is 0 Å². The lowest BCUT2D eigenvalue weighted by Gasteiger charge is -2.23. The van der Waals surface area contributed by atoms with Crippen molar-refractivity contribution in [1.82, 2.24) is 4.90 Å². The Hall–Kier alpha value is -0.550. The summed E-state index contributed by atoms with van der Waals surface area (Å²) in [4.78, 5) is 2.23. The van der Waals surface area contributed by atoms with Crippen LogP contribution in [-0.2, 0) is 0 Å². The Morgan fingerprint density at radius 3 is 2.38 bits per heavy atom. The van der Waals surface area contributed by atoms with Gasteiger partial charge >= 0.3 is 0 Å². The van der Waals surface area contributed by atoms with Crippen molar-refractivity contribution in [3.05, 3.63) is 0 Å². The Morgan fingerprint density at radius 2 is 1.92 bits per heavy atom. The third kappa shape index (κ3) is 6.60. The number of nitrogens with zero attached hydrogens (tertiary/aromatic N) is 2. The second-order valence-corrected chi connectivity index (χ2v) is 3.78. The van der Waals surface area contributed by atoms with Gasteiger partial charge in [-0.05, 0) is 26.8 Å². The van der Waals surface area contributed by atoms with Gasteiger partial charge in [-0.1, -0.05) is 26.2 Å². The molecule has 0 aliphatic carbocycles. The van der Waals surface area contributed by atoms with Crippen LogP contribution in [0.2, 0.25) is 0 Å². The summed E-state index contributed by atoms with van der Waals surface area (Å²) in [6.45, 7) is 8.17. The first-order valence-corrected chi connectivity index (χ1v) is 5.33. The summed E-state index contributed by atoms with van der Waals surface area (Å²) in [6.07, 6.45) is 5.12. The highest BCUT2D eigenvalue weighted by atomic mass is 15.1. The van der Waals surface area contributed by atoms with Crippen molar-refractivity contribution in [3.8, 4) is 6.07 Å². The molecule has 0 aliphatic heterocycles. The molecule has 0 aliphatic rings. The van der Waals surface area contributed by atoms with Crippen molar-refractivity contribution in [2.75, 3.05) is 13.1 Å². The van der Waals surface area contributed by atoms with Gasteiger partial charge in [0.25, 0.3) is 0 Å². The van der Waals surface area contributed by atoms with Crippen molar-refractivity contribution in [3.63, 3.8) is 0 Å². The molecule has 0 atom stereocenters. The van der Waals surface area contributed by atoms with Crippen molar-refractivity contribution >= 4 is 0 Å². The van der Waals surface area contributed by atoms with E-state index in [9.17, 15) is 0 Å². The maximum absolute atomic E-state index is 8.60. The minimum atomic E-state index is 0.501. The van der Waals surface area contributed by atoms with E-state index in [4.69, 9.17) is 5.26 Å². The van der Waals surface area contributed by atoms with Gasteiger partial charge in [0, 0.05) is 6.04 Å². The van der Waals surface area contributed by atoms with Gasteiger partial charge in [-0.3, -0.25) is 4.90 Å². The second-order valence-electron chi connectivity index (χ2n) is 3.78. The zero-order valence-electron chi connectivity index (χ0n) is 9.21. The maximum Gasteiger partial charge on any atom is 0.0868 e. The standard InChI is InChI=1S/C11H22N2/c1-4-5-6-7-9-13(10-8-12)11(2)3/h11H,4-7,9-10H2,1-3H3. The first-order chi connectivity index (χ1) is 6.22. The lowest BCUT2D eigenvalue weighted by Crippen LogP contribution is -2.32. The molecule has 0 unspecified atom stereocenters. The molecule has 2 nitrogen and oxygen atoms in total. The predicted molar refractivity (Wildman–Crippen MR) is 56.5 cm³/mol. The molecule has 0 spiro atoms.